The zero-order valence-corrected chi connectivity index (χ0v) is 22.2. The van der Waals surface area contributed by atoms with Crippen LogP contribution in [0.4, 0.5) is 30.6 Å². The van der Waals surface area contributed by atoms with Gasteiger partial charge in [0.25, 0.3) is 0 Å². The number of alkyl halides is 3. The summed E-state index contributed by atoms with van der Waals surface area (Å²) in [7, 11) is -1.60. The lowest BCUT2D eigenvalue weighted by molar-refractivity contribution is -0.126. The molecule has 13 heteroatoms. The second-order valence-electron chi connectivity index (χ2n) is 10.0. The number of hydrogen-bond acceptors (Lipinski definition) is 8. The van der Waals surface area contributed by atoms with E-state index in [-0.39, 0.29) is 10.3 Å². The average Bonchev–Trinajstić information content (AvgIpc) is 3.51. The molecule has 1 spiro atoms. The van der Waals surface area contributed by atoms with Gasteiger partial charge in [-0.2, -0.15) is 18.2 Å². The molecule has 0 radical (unpaired) electrons. The van der Waals surface area contributed by atoms with E-state index in [0.717, 1.165) is 68.7 Å². The molecule has 200 valence electrons. The van der Waals surface area contributed by atoms with Gasteiger partial charge in [0.05, 0.1) is 18.1 Å². The molecule has 1 atom stereocenters. The van der Waals surface area contributed by atoms with Gasteiger partial charge < -0.3 is 10.2 Å². The van der Waals surface area contributed by atoms with E-state index in [0.29, 0.717) is 27.7 Å². The van der Waals surface area contributed by atoms with Crippen molar-refractivity contribution in [1.82, 2.24) is 14.9 Å². The molecular formula is C24H29F3N6O2S2. The number of rotatable bonds is 7. The minimum Gasteiger partial charge on any atom is -0.357 e. The van der Waals surface area contributed by atoms with E-state index in [2.05, 4.69) is 29.8 Å². The topological polar surface area (TPSA) is 90.5 Å². The van der Waals surface area contributed by atoms with E-state index in [1.165, 1.54) is 0 Å². The minimum atomic E-state index is -4.27. The molecule has 1 unspecified atom stereocenters. The molecule has 37 heavy (non-hydrogen) atoms. The highest BCUT2D eigenvalue weighted by Crippen LogP contribution is 2.43. The molecule has 4 heterocycles. The summed E-state index contributed by atoms with van der Waals surface area (Å²) >= 11 is 1.07. The van der Waals surface area contributed by atoms with Gasteiger partial charge in [-0.05, 0) is 43.1 Å². The van der Waals surface area contributed by atoms with Crippen LogP contribution >= 0.6 is 11.3 Å². The summed E-state index contributed by atoms with van der Waals surface area (Å²) in [4.78, 5) is 14.5. The van der Waals surface area contributed by atoms with E-state index in [9.17, 15) is 21.6 Å². The molecule has 2 saturated heterocycles. The van der Waals surface area contributed by atoms with Crippen molar-refractivity contribution in [3.8, 4) is 0 Å². The summed E-state index contributed by atoms with van der Waals surface area (Å²) in [5.74, 6) is 1.11. The van der Waals surface area contributed by atoms with Gasteiger partial charge in [0.2, 0.25) is 16.0 Å². The molecule has 2 aliphatic heterocycles. The van der Waals surface area contributed by atoms with Gasteiger partial charge in [-0.25, -0.2) is 13.4 Å². The van der Waals surface area contributed by atoms with Gasteiger partial charge in [-0.3, -0.25) is 9.62 Å². The van der Waals surface area contributed by atoms with Crippen molar-refractivity contribution in [3.05, 3.63) is 40.8 Å². The maximum atomic E-state index is 13.0. The number of halogens is 3. The molecule has 0 amide bonds. The second-order valence-corrected chi connectivity index (χ2v) is 12.9. The van der Waals surface area contributed by atoms with Crippen LogP contribution in [0.15, 0.2) is 30.3 Å². The van der Waals surface area contributed by atoms with E-state index in [1.807, 2.05) is 12.1 Å². The molecule has 2 aliphatic rings. The number of anilines is 3. The highest BCUT2D eigenvalue weighted by atomic mass is 32.2. The van der Waals surface area contributed by atoms with Crippen molar-refractivity contribution in [2.24, 2.45) is 5.41 Å². The third-order valence-electron chi connectivity index (χ3n) is 6.94. The highest BCUT2D eigenvalue weighted by Gasteiger charge is 2.44. The Bertz CT molecular complexity index is 1390. The first kappa shape index (κ1) is 26.0. The molecule has 2 fully saturated rings. The molecule has 1 aromatic carbocycles. The number of sulfonamides is 1. The summed E-state index contributed by atoms with van der Waals surface area (Å²) < 4.78 is 64.4. The third kappa shape index (κ3) is 6.10. The van der Waals surface area contributed by atoms with Crippen LogP contribution in [0.1, 0.15) is 23.3 Å². The van der Waals surface area contributed by atoms with Crippen LogP contribution in [0.2, 0.25) is 0 Å². The van der Waals surface area contributed by atoms with E-state index in [1.54, 1.807) is 25.2 Å². The monoisotopic (exact) mass is 554 g/mol. The number of nitrogens with one attached hydrogen (secondary N) is 2. The Hall–Kier alpha value is -2.64. The van der Waals surface area contributed by atoms with Crippen LogP contribution in [-0.4, -0.2) is 68.9 Å². The summed E-state index contributed by atoms with van der Waals surface area (Å²) in [6.45, 7) is 4.23. The standard InChI is InChI=1S/C24H29F3N6O2S2/c1-28-22-29-20(19-11-18(12-24(25,26)27)36-21(19)30-22)33-10-8-23(15-33)7-9-32(14-23)13-16-3-5-17(6-4-16)31-37(2,34)35/h3-6,11,31H,7-10,12-15H2,1-2H3,(H,28,29,30). The SMILES string of the molecule is CNc1nc(N2CCC3(CCN(Cc4ccc(NS(C)(=O)=O)cc4)C3)C2)c2cc(CC(F)(F)F)sc2n1. The van der Waals surface area contributed by atoms with E-state index < -0.39 is 22.6 Å². The Morgan fingerprint density at radius 1 is 1.11 bits per heavy atom. The molecule has 8 nitrogen and oxygen atoms in total. The average molecular weight is 555 g/mol. The summed E-state index contributed by atoms with van der Waals surface area (Å²) in [5, 5.41) is 3.62. The third-order valence-corrected chi connectivity index (χ3v) is 8.58. The number of benzene rings is 1. The Labute approximate surface area is 217 Å². The Morgan fingerprint density at radius 2 is 1.84 bits per heavy atom. The summed E-state index contributed by atoms with van der Waals surface area (Å²) in [6.07, 6.45) is -2.09. The fourth-order valence-corrected chi connectivity index (χ4v) is 6.97. The lowest BCUT2D eigenvalue weighted by Crippen LogP contribution is -2.31. The second kappa shape index (κ2) is 9.59. The van der Waals surface area contributed by atoms with E-state index >= 15 is 0 Å². The van der Waals surface area contributed by atoms with Crippen LogP contribution in [-0.2, 0) is 23.0 Å². The van der Waals surface area contributed by atoms with E-state index in [4.69, 9.17) is 0 Å². The number of fused-ring (bicyclic) bond motifs is 1. The molecule has 0 aliphatic carbocycles. The van der Waals surface area contributed by atoms with Crippen LogP contribution in [0.3, 0.4) is 0 Å². The van der Waals surface area contributed by atoms with Crippen LogP contribution < -0.4 is 14.9 Å². The molecule has 5 rings (SSSR count). The predicted molar refractivity (Wildman–Crippen MR) is 141 cm³/mol. The maximum absolute atomic E-state index is 13.0. The fourth-order valence-electron chi connectivity index (χ4n) is 5.36. The molecule has 3 aromatic rings. The Morgan fingerprint density at radius 3 is 2.51 bits per heavy atom. The Balaban J connectivity index is 1.29. The first-order valence-corrected chi connectivity index (χ1v) is 14.7. The predicted octanol–water partition coefficient (Wildman–Crippen LogP) is 4.31. The first-order chi connectivity index (χ1) is 17.4. The quantitative estimate of drug-likeness (QED) is 0.450. The van der Waals surface area contributed by atoms with Crippen LogP contribution in [0, 0.1) is 5.41 Å². The highest BCUT2D eigenvalue weighted by molar-refractivity contribution is 7.92. The van der Waals surface area contributed by atoms with Crippen molar-refractivity contribution >= 4 is 49.0 Å². The zero-order chi connectivity index (χ0) is 26.4. The molecular weight excluding hydrogens is 525 g/mol. The normalized spacial score (nSPS) is 20.8. The smallest absolute Gasteiger partial charge is 0.357 e. The number of likely N-dealkylation sites (tertiary alicyclic amines) is 1. The van der Waals surface area contributed by atoms with Crippen molar-refractivity contribution in [2.45, 2.75) is 32.0 Å². The molecule has 2 N–H and O–H groups in total. The lowest BCUT2D eigenvalue weighted by atomic mass is 9.86. The van der Waals surface area contributed by atoms with Gasteiger partial charge in [0.1, 0.15) is 10.6 Å². The van der Waals surface area contributed by atoms with Crippen molar-refractivity contribution in [3.63, 3.8) is 0 Å². The van der Waals surface area contributed by atoms with Gasteiger partial charge in [-0.15, -0.1) is 11.3 Å². The van der Waals surface area contributed by atoms with Crippen molar-refractivity contribution < 1.29 is 21.6 Å². The molecule has 2 aromatic heterocycles. The zero-order valence-electron chi connectivity index (χ0n) is 20.6. The van der Waals surface area contributed by atoms with Crippen LogP contribution in [0.5, 0.6) is 0 Å². The van der Waals surface area contributed by atoms with Crippen LogP contribution in [0.25, 0.3) is 10.2 Å². The largest absolute Gasteiger partial charge is 0.393 e. The fraction of sp³-hybridized carbons (Fsp3) is 0.500. The summed E-state index contributed by atoms with van der Waals surface area (Å²) in [5.41, 5.74) is 1.75. The molecule has 0 saturated carbocycles. The number of nitrogens with zero attached hydrogens (tertiary/aromatic N) is 4. The number of thiophene rings is 1. The van der Waals surface area contributed by atoms with Gasteiger partial charge >= 0.3 is 6.18 Å². The minimum absolute atomic E-state index is 0.0969. The van der Waals surface area contributed by atoms with Crippen molar-refractivity contribution in [2.75, 3.05) is 54.4 Å². The van der Waals surface area contributed by atoms with Gasteiger partial charge in [0.15, 0.2) is 0 Å². The summed E-state index contributed by atoms with van der Waals surface area (Å²) in [6, 6.07) is 9.01. The maximum Gasteiger partial charge on any atom is 0.393 e. The lowest BCUT2D eigenvalue weighted by Gasteiger charge is -2.25. The Kier molecular flexibility index (Phi) is 6.73. The van der Waals surface area contributed by atoms with Gasteiger partial charge in [0, 0.05) is 49.2 Å². The van der Waals surface area contributed by atoms with Crippen molar-refractivity contribution in [1.29, 1.82) is 0 Å². The van der Waals surface area contributed by atoms with Gasteiger partial charge in [-0.1, -0.05) is 12.1 Å². The number of hydrogen-bond donors (Lipinski definition) is 2. The first-order valence-electron chi connectivity index (χ1n) is 12.0. The molecule has 0 bridgehead atoms. The number of aromatic nitrogens is 2.